The Kier molecular flexibility index (Phi) is 5.74. The number of hydrogen-bond acceptors (Lipinski definition) is 4. The minimum atomic E-state index is -0.596. The van der Waals surface area contributed by atoms with Crippen molar-refractivity contribution in [3.8, 4) is 5.88 Å². The van der Waals surface area contributed by atoms with Gasteiger partial charge in [-0.05, 0) is 54.4 Å². The average molecular weight is 499 g/mol. The number of fused-ring (bicyclic) bond motifs is 3. The number of carbonyl (C=O) groups excluding carboxylic acids is 1. The smallest absolute Gasteiger partial charge is 0.296 e. The number of likely N-dealkylation sites (tertiary alicyclic amines) is 1. The van der Waals surface area contributed by atoms with Gasteiger partial charge in [-0.1, -0.05) is 62.2 Å². The van der Waals surface area contributed by atoms with Crippen LogP contribution in [0.3, 0.4) is 0 Å². The Bertz CT molecular complexity index is 1320. The zero-order valence-electron chi connectivity index (χ0n) is 19.6. The topological polar surface area (TPSA) is 70.2 Å². The van der Waals surface area contributed by atoms with E-state index >= 15 is 0 Å². The molecule has 34 heavy (non-hydrogen) atoms. The SMILES string of the molecule is CC1(C)C[C@H]2C[C@](C)(CN2Cn2c(O)c(N=NC(=O)c3ccc(Cl)cc3Cl)c3ccccc32)C1. The molecule has 2 fully saturated rings. The third kappa shape index (κ3) is 4.23. The van der Waals surface area contributed by atoms with E-state index in [2.05, 4.69) is 35.9 Å². The van der Waals surface area contributed by atoms with Crippen molar-refractivity contribution in [2.45, 2.75) is 52.7 Å². The lowest BCUT2D eigenvalue weighted by Gasteiger charge is -2.40. The van der Waals surface area contributed by atoms with E-state index in [1.54, 1.807) is 6.07 Å². The van der Waals surface area contributed by atoms with E-state index < -0.39 is 5.91 Å². The minimum Gasteiger partial charge on any atom is -0.493 e. The van der Waals surface area contributed by atoms with Gasteiger partial charge in [-0.25, -0.2) is 0 Å². The first-order chi connectivity index (χ1) is 16.1. The molecule has 178 valence electrons. The molecule has 2 atom stereocenters. The number of halogens is 2. The summed E-state index contributed by atoms with van der Waals surface area (Å²) in [6.07, 6.45) is 3.53. The first kappa shape index (κ1) is 23.3. The Morgan fingerprint density at radius 3 is 2.68 bits per heavy atom. The Morgan fingerprint density at radius 2 is 1.91 bits per heavy atom. The normalized spacial score (nSPS) is 24.3. The summed E-state index contributed by atoms with van der Waals surface area (Å²) in [6, 6.07) is 12.7. The lowest BCUT2D eigenvalue weighted by Crippen LogP contribution is -2.35. The summed E-state index contributed by atoms with van der Waals surface area (Å²) in [4.78, 5) is 15.1. The summed E-state index contributed by atoms with van der Waals surface area (Å²) in [5.74, 6) is -0.591. The average Bonchev–Trinajstić information content (AvgIpc) is 3.15. The molecular weight excluding hydrogens is 471 g/mol. The Balaban J connectivity index is 1.47. The number of para-hydroxylation sites is 1. The van der Waals surface area contributed by atoms with Gasteiger partial charge < -0.3 is 5.11 Å². The highest BCUT2D eigenvalue weighted by molar-refractivity contribution is 6.36. The third-order valence-corrected chi connectivity index (χ3v) is 7.71. The Morgan fingerprint density at radius 1 is 1.15 bits per heavy atom. The van der Waals surface area contributed by atoms with Gasteiger partial charge in [-0.2, -0.15) is 0 Å². The molecule has 1 aromatic heterocycles. The van der Waals surface area contributed by atoms with Crippen LogP contribution < -0.4 is 0 Å². The van der Waals surface area contributed by atoms with Gasteiger partial charge in [0, 0.05) is 23.0 Å². The molecule has 1 amide bonds. The molecule has 3 aromatic rings. The maximum Gasteiger partial charge on any atom is 0.296 e. The van der Waals surface area contributed by atoms with Gasteiger partial charge >= 0.3 is 0 Å². The van der Waals surface area contributed by atoms with E-state index in [0.717, 1.165) is 23.9 Å². The number of rotatable bonds is 4. The Labute approximate surface area is 209 Å². The molecule has 0 radical (unpaired) electrons. The quantitative estimate of drug-likeness (QED) is 0.380. The number of aromatic hydroxyl groups is 1. The standard InChI is InChI=1S/C26H28Cl2N4O2/c1-25(2)11-17-12-26(3,13-25)14-31(17)15-32-21-7-5-4-6-19(21)22(24(32)34)29-30-23(33)18-9-8-16(27)10-20(18)28/h4-10,17,34H,11-15H2,1-3H3/t17-,26-/m0/s1. The lowest BCUT2D eigenvalue weighted by molar-refractivity contribution is 0.0995. The molecule has 2 bridgehead atoms. The molecule has 5 rings (SSSR count). The molecular formula is C26H28Cl2N4O2. The van der Waals surface area contributed by atoms with Gasteiger partial charge in [-0.3, -0.25) is 14.3 Å². The van der Waals surface area contributed by atoms with Crippen molar-refractivity contribution >= 4 is 45.7 Å². The number of nitrogens with zero attached hydrogens (tertiary/aromatic N) is 4. The van der Waals surface area contributed by atoms with Crippen molar-refractivity contribution in [1.82, 2.24) is 9.47 Å². The zero-order valence-corrected chi connectivity index (χ0v) is 21.1. The number of aromatic nitrogens is 1. The maximum absolute atomic E-state index is 12.6. The molecule has 1 saturated heterocycles. The van der Waals surface area contributed by atoms with Crippen LogP contribution in [0.15, 0.2) is 52.7 Å². The second-order valence-corrected chi connectivity index (χ2v) is 11.7. The Hall–Kier alpha value is -2.41. The fourth-order valence-electron chi connectivity index (χ4n) is 6.25. The molecule has 0 unspecified atom stereocenters. The molecule has 8 heteroatoms. The second-order valence-electron chi connectivity index (χ2n) is 10.8. The number of azo groups is 1. The summed E-state index contributed by atoms with van der Waals surface area (Å²) < 4.78 is 1.88. The van der Waals surface area contributed by atoms with Crippen LogP contribution in [-0.4, -0.2) is 33.1 Å². The molecule has 1 N–H and O–H groups in total. The van der Waals surface area contributed by atoms with Gasteiger partial charge in [0.15, 0.2) is 5.69 Å². The molecule has 1 aliphatic carbocycles. The van der Waals surface area contributed by atoms with E-state index in [4.69, 9.17) is 23.2 Å². The van der Waals surface area contributed by atoms with Crippen molar-refractivity contribution in [3.05, 3.63) is 58.1 Å². The number of amides is 1. The molecule has 2 heterocycles. The van der Waals surface area contributed by atoms with Crippen molar-refractivity contribution < 1.29 is 9.90 Å². The van der Waals surface area contributed by atoms with Gasteiger partial charge in [0.2, 0.25) is 5.88 Å². The van der Waals surface area contributed by atoms with Crippen LogP contribution in [0, 0.1) is 10.8 Å². The predicted molar refractivity (Wildman–Crippen MR) is 135 cm³/mol. The molecule has 1 saturated carbocycles. The lowest BCUT2D eigenvalue weighted by atomic mass is 9.65. The number of carbonyl (C=O) groups is 1. The second kappa shape index (κ2) is 8.36. The van der Waals surface area contributed by atoms with Gasteiger partial charge in [-0.15, -0.1) is 10.2 Å². The molecule has 1 aliphatic heterocycles. The summed E-state index contributed by atoms with van der Waals surface area (Å²) in [6.45, 7) is 8.64. The highest BCUT2D eigenvalue weighted by atomic mass is 35.5. The molecule has 0 spiro atoms. The number of benzene rings is 2. The zero-order chi connectivity index (χ0) is 24.3. The van der Waals surface area contributed by atoms with Crippen molar-refractivity contribution in [2.75, 3.05) is 6.54 Å². The molecule has 6 nitrogen and oxygen atoms in total. The fourth-order valence-corrected chi connectivity index (χ4v) is 6.74. The highest BCUT2D eigenvalue weighted by Crippen LogP contribution is 2.53. The summed E-state index contributed by atoms with van der Waals surface area (Å²) in [5.41, 5.74) is 1.95. The summed E-state index contributed by atoms with van der Waals surface area (Å²) in [5, 5.41) is 20.6. The summed E-state index contributed by atoms with van der Waals surface area (Å²) >= 11 is 12.1. The first-order valence-electron chi connectivity index (χ1n) is 11.5. The highest BCUT2D eigenvalue weighted by Gasteiger charge is 2.49. The van der Waals surface area contributed by atoms with E-state index in [9.17, 15) is 9.90 Å². The van der Waals surface area contributed by atoms with Gasteiger partial charge in [0.25, 0.3) is 5.91 Å². The monoisotopic (exact) mass is 498 g/mol. The van der Waals surface area contributed by atoms with Crippen LogP contribution in [0.4, 0.5) is 5.69 Å². The van der Waals surface area contributed by atoms with E-state index in [-0.39, 0.29) is 27.6 Å². The first-order valence-corrected chi connectivity index (χ1v) is 12.3. The van der Waals surface area contributed by atoms with Crippen LogP contribution in [-0.2, 0) is 6.67 Å². The largest absolute Gasteiger partial charge is 0.493 e. The van der Waals surface area contributed by atoms with E-state index in [1.165, 1.54) is 25.0 Å². The van der Waals surface area contributed by atoms with E-state index in [1.807, 2.05) is 28.8 Å². The van der Waals surface area contributed by atoms with Gasteiger partial charge in [0.05, 0.1) is 22.8 Å². The van der Waals surface area contributed by atoms with E-state index in [0.29, 0.717) is 23.1 Å². The van der Waals surface area contributed by atoms with Crippen LogP contribution >= 0.6 is 23.2 Å². The molecule has 2 aliphatic rings. The third-order valence-electron chi connectivity index (χ3n) is 7.17. The van der Waals surface area contributed by atoms with Crippen LogP contribution in [0.25, 0.3) is 10.9 Å². The van der Waals surface area contributed by atoms with Crippen molar-refractivity contribution in [3.63, 3.8) is 0 Å². The number of hydrogen-bond donors (Lipinski definition) is 1. The van der Waals surface area contributed by atoms with Crippen molar-refractivity contribution in [1.29, 1.82) is 0 Å². The fraction of sp³-hybridized carbons (Fsp3) is 0.423. The molecule has 2 aromatic carbocycles. The van der Waals surface area contributed by atoms with Crippen molar-refractivity contribution in [2.24, 2.45) is 21.1 Å². The maximum atomic E-state index is 12.6. The summed E-state index contributed by atoms with van der Waals surface area (Å²) in [7, 11) is 0. The van der Waals surface area contributed by atoms with Crippen LogP contribution in [0.5, 0.6) is 5.88 Å². The van der Waals surface area contributed by atoms with Crippen LogP contribution in [0.1, 0.15) is 50.4 Å². The predicted octanol–water partition coefficient (Wildman–Crippen LogP) is 7.44. The van der Waals surface area contributed by atoms with Crippen LogP contribution in [0.2, 0.25) is 10.0 Å². The van der Waals surface area contributed by atoms with Gasteiger partial charge in [0.1, 0.15) is 0 Å². The minimum absolute atomic E-state index is 0.00538.